The average molecular weight is 428 g/mol. The molecule has 0 unspecified atom stereocenters. The SMILES string of the molecule is Cc1cnc(C)c(-c2cc3cc[nH]c(=O)c3c(Nc3ccc(N4CCOCC4)cc3)n2)n1. The fourth-order valence-corrected chi connectivity index (χ4v) is 3.92. The molecule has 8 nitrogen and oxygen atoms in total. The van der Waals surface area contributed by atoms with Crippen LogP contribution >= 0.6 is 0 Å². The van der Waals surface area contributed by atoms with Crippen molar-refractivity contribution in [2.45, 2.75) is 13.8 Å². The highest BCUT2D eigenvalue weighted by atomic mass is 16.5. The topological polar surface area (TPSA) is 96.0 Å². The van der Waals surface area contributed by atoms with Crippen LogP contribution in [0.4, 0.5) is 17.2 Å². The second-order valence-corrected chi connectivity index (χ2v) is 7.84. The Balaban J connectivity index is 1.55. The number of benzene rings is 1. The van der Waals surface area contributed by atoms with Gasteiger partial charge in [-0.1, -0.05) is 0 Å². The molecule has 0 atom stereocenters. The van der Waals surface area contributed by atoms with Gasteiger partial charge in [0.1, 0.15) is 11.5 Å². The van der Waals surface area contributed by atoms with E-state index < -0.39 is 0 Å². The molecule has 0 spiro atoms. The van der Waals surface area contributed by atoms with Gasteiger partial charge in [-0.05, 0) is 55.6 Å². The molecule has 1 aliphatic rings. The summed E-state index contributed by atoms with van der Waals surface area (Å²) in [7, 11) is 0. The van der Waals surface area contributed by atoms with E-state index >= 15 is 0 Å². The number of H-pyrrole nitrogens is 1. The van der Waals surface area contributed by atoms with Crippen molar-refractivity contribution in [1.82, 2.24) is 19.9 Å². The van der Waals surface area contributed by atoms with Crippen LogP contribution < -0.4 is 15.8 Å². The third kappa shape index (κ3) is 3.92. The highest BCUT2D eigenvalue weighted by Gasteiger charge is 2.15. The van der Waals surface area contributed by atoms with Gasteiger partial charge in [0.2, 0.25) is 0 Å². The fourth-order valence-electron chi connectivity index (χ4n) is 3.92. The molecule has 4 aromatic rings. The first-order valence-electron chi connectivity index (χ1n) is 10.6. The third-order valence-corrected chi connectivity index (χ3v) is 5.58. The number of morpholine rings is 1. The normalized spacial score (nSPS) is 14.0. The van der Waals surface area contributed by atoms with Crippen LogP contribution in [0, 0.1) is 13.8 Å². The van der Waals surface area contributed by atoms with Gasteiger partial charge in [-0.15, -0.1) is 0 Å². The Kier molecular flexibility index (Phi) is 5.28. The van der Waals surface area contributed by atoms with Gasteiger partial charge in [0.25, 0.3) is 5.56 Å². The summed E-state index contributed by atoms with van der Waals surface area (Å²) in [6, 6.07) is 11.9. The second-order valence-electron chi connectivity index (χ2n) is 7.84. The number of aromatic amines is 1. The fraction of sp³-hybridized carbons (Fsp3) is 0.250. The first kappa shape index (κ1) is 20.1. The molecule has 5 rings (SSSR count). The lowest BCUT2D eigenvalue weighted by atomic mass is 10.1. The number of ether oxygens (including phenoxy) is 1. The average Bonchev–Trinajstić information content (AvgIpc) is 2.81. The zero-order valence-corrected chi connectivity index (χ0v) is 18.1. The summed E-state index contributed by atoms with van der Waals surface area (Å²) in [4.78, 5) is 31.5. The van der Waals surface area contributed by atoms with Crippen LogP contribution in [0.3, 0.4) is 0 Å². The van der Waals surface area contributed by atoms with Gasteiger partial charge in [0, 0.05) is 36.9 Å². The van der Waals surface area contributed by atoms with Gasteiger partial charge >= 0.3 is 0 Å². The van der Waals surface area contributed by atoms with Gasteiger partial charge in [-0.3, -0.25) is 9.78 Å². The Hall–Kier alpha value is -3.78. The highest BCUT2D eigenvalue weighted by Crippen LogP contribution is 2.29. The van der Waals surface area contributed by atoms with Crippen molar-refractivity contribution in [3.05, 3.63) is 70.5 Å². The number of anilines is 3. The molecular weight excluding hydrogens is 404 g/mol. The van der Waals surface area contributed by atoms with E-state index in [0.717, 1.165) is 54.5 Å². The van der Waals surface area contributed by atoms with Crippen LogP contribution in [0.2, 0.25) is 0 Å². The number of hydrogen-bond acceptors (Lipinski definition) is 7. The molecule has 0 aliphatic carbocycles. The van der Waals surface area contributed by atoms with Gasteiger partial charge in [-0.25, -0.2) is 9.97 Å². The smallest absolute Gasteiger partial charge is 0.259 e. The zero-order valence-electron chi connectivity index (χ0n) is 18.1. The molecule has 0 saturated carbocycles. The lowest BCUT2D eigenvalue weighted by molar-refractivity contribution is 0.122. The number of pyridine rings is 2. The molecule has 1 saturated heterocycles. The molecule has 8 heteroatoms. The molecule has 0 amide bonds. The summed E-state index contributed by atoms with van der Waals surface area (Å²) < 4.78 is 5.44. The van der Waals surface area contributed by atoms with Crippen LogP contribution in [0.25, 0.3) is 22.2 Å². The lowest BCUT2D eigenvalue weighted by Crippen LogP contribution is -2.36. The second kappa shape index (κ2) is 8.39. The van der Waals surface area contributed by atoms with Gasteiger partial charge in [0.05, 0.1) is 35.7 Å². The molecule has 1 aliphatic heterocycles. The van der Waals surface area contributed by atoms with E-state index in [4.69, 9.17) is 9.72 Å². The Morgan fingerprint density at radius 3 is 2.62 bits per heavy atom. The van der Waals surface area contributed by atoms with Crippen molar-refractivity contribution < 1.29 is 4.74 Å². The predicted molar refractivity (Wildman–Crippen MR) is 126 cm³/mol. The molecule has 3 aromatic heterocycles. The first-order valence-corrected chi connectivity index (χ1v) is 10.6. The molecule has 162 valence electrons. The number of fused-ring (bicyclic) bond motifs is 1. The van der Waals surface area contributed by atoms with Gasteiger partial charge in [-0.2, -0.15) is 0 Å². The van der Waals surface area contributed by atoms with E-state index in [-0.39, 0.29) is 5.56 Å². The summed E-state index contributed by atoms with van der Waals surface area (Å²) in [5.74, 6) is 0.487. The van der Waals surface area contributed by atoms with E-state index in [1.807, 2.05) is 38.1 Å². The predicted octanol–water partition coefficient (Wildman–Crippen LogP) is 3.58. The van der Waals surface area contributed by atoms with Crippen LogP contribution in [-0.2, 0) is 4.74 Å². The van der Waals surface area contributed by atoms with Gasteiger partial charge < -0.3 is 19.9 Å². The molecule has 4 heterocycles. The Morgan fingerprint density at radius 2 is 1.84 bits per heavy atom. The Bertz CT molecular complexity index is 1330. The van der Waals surface area contributed by atoms with Crippen LogP contribution in [0.5, 0.6) is 0 Å². The van der Waals surface area contributed by atoms with Crippen molar-refractivity contribution in [1.29, 1.82) is 0 Å². The van der Waals surface area contributed by atoms with Crippen LogP contribution in [0.15, 0.2) is 53.6 Å². The minimum absolute atomic E-state index is 0.193. The van der Waals surface area contributed by atoms with E-state index in [0.29, 0.717) is 22.6 Å². The molecule has 0 radical (unpaired) electrons. The lowest BCUT2D eigenvalue weighted by Gasteiger charge is -2.28. The Morgan fingerprint density at radius 1 is 1.06 bits per heavy atom. The molecule has 2 N–H and O–H groups in total. The summed E-state index contributed by atoms with van der Waals surface area (Å²) in [6.07, 6.45) is 3.38. The zero-order chi connectivity index (χ0) is 22.1. The highest BCUT2D eigenvalue weighted by molar-refractivity contribution is 5.95. The molecule has 1 aromatic carbocycles. The molecule has 1 fully saturated rings. The maximum absolute atomic E-state index is 12.6. The molecule has 0 bridgehead atoms. The maximum Gasteiger partial charge on any atom is 0.259 e. The summed E-state index contributed by atoms with van der Waals surface area (Å²) in [6.45, 7) is 7.06. The minimum Gasteiger partial charge on any atom is -0.378 e. The number of aryl methyl sites for hydroxylation is 2. The van der Waals surface area contributed by atoms with Crippen molar-refractivity contribution in [3.8, 4) is 11.4 Å². The molecule has 32 heavy (non-hydrogen) atoms. The van der Waals surface area contributed by atoms with E-state index in [9.17, 15) is 4.79 Å². The molecular formula is C24H24N6O2. The third-order valence-electron chi connectivity index (χ3n) is 5.58. The van der Waals surface area contributed by atoms with Crippen molar-refractivity contribution in [2.75, 3.05) is 36.5 Å². The number of hydrogen-bond donors (Lipinski definition) is 2. The monoisotopic (exact) mass is 428 g/mol. The van der Waals surface area contributed by atoms with Crippen LogP contribution in [0.1, 0.15) is 11.4 Å². The summed E-state index contributed by atoms with van der Waals surface area (Å²) in [5, 5.41) is 4.63. The number of rotatable bonds is 4. The number of nitrogens with zero attached hydrogens (tertiary/aromatic N) is 4. The van der Waals surface area contributed by atoms with E-state index in [2.05, 4.69) is 37.3 Å². The van der Waals surface area contributed by atoms with E-state index in [1.165, 1.54) is 0 Å². The quantitative estimate of drug-likeness (QED) is 0.513. The van der Waals surface area contributed by atoms with Crippen molar-refractivity contribution >= 4 is 28.0 Å². The minimum atomic E-state index is -0.193. The standard InChI is InChI=1S/C24H24N6O2/c1-15-14-26-16(2)22(27-15)20-13-17-7-8-25-24(31)21(17)23(29-20)28-18-3-5-19(6-4-18)30-9-11-32-12-10-30/h3-8,13-14H,9-12H2,1-2H3,(H,25,31)(H,28,29). The summed E-state index contributed by atoms with van der Waals surface area (Å²) >= 11 is 0. The largest absolute Gasteiger partial charge is 0.378 e. The first-order chi connectivity index (χ1) is 15.6. The van der Waals surface area contributed by atoms with Gasteiger partial charge in [0.15, 0.2) is 0 Å². The maximum atomic E-state index is 12.6. The number of aromatic nitrogens is 4. The Labute approximate surface area is 185 Å². The summed E-state index contributed by atoms with van der Waals surface area (Å²) in [5.41, 5.74) is 4.78. The van der Waals surface area contributed by atoms with Crippen LogP contribution in [-0.4, -0.2) is 46.2 Å². The van der Waals surface area contributed by atoms with E-state index in [1.54, 1.807) is 12.4 Å². The van der Waals surface area contributed by atoms with Crippen molar-refractivity contribution in [3.63, 3.8) is 0 Å². The number of nitrogens with one attached hydrogen (secondary N) is 2. The van der Waals surface area contributed by atoms with Crippen molar-refractivity contribution in [2.24, 2.45) is 0 Å².